The Morgan fingerprint density at radius 3 is 1.94 bits per heavy atom. The number of fused-ring (bicyclic) bond motifs is 8. The summed E-state index contributed by atoms with van der Waals surface area (Å²) in [6.07, 6.45) is -14.3. The van der Waals surface area contributed by atoms with Crippen molar-refractivity contribution in [1.82, 2.24) is 24.8 Å². The average molecular weight is 991 g/mol. The molecule has 372 valence electrons. The van der Waals surface area contributed by atoms with Crippen molar-refractivity contribution in [2.24, 2.45) is 4.99 Å². The van der Waals surface area contributed by atoms with Crippen molar-refractivity contribution in [2.75, 3.05) is 7.11 Å². The largest absolute Gasteiger partial charge is 0.469 e. The quantitative estimate of drug-likeness (QED) is 0.0654. The minimum Gasteiger partial charge on any atom is -0.469 e. The predicted molar refractivity (Wildman–Crippen MR) is 248 cm³/mol. The van der Waals surface area contributed by atoms with Gasteiger partial charge in [-0.05, 0) is 129 Å². The molecular weight excluding hydrogens is 944 g/mol. The number of rotatable bonds is 9. The van der Waals surface area contributed by atoms with Crippen LogP contribution in [-0.2, 0) is 41.1 Å². The summed E-state index contributed by atoms with van der Waals surface area (Å²) in [5.74, 6) is -3.28. The molecule has 0 spiro atoms. The Balaban J connectivity index is 1.41. The van der Waals surface area contributed by atoms with Gasteiger partial charge in [0.25, 0.3) is 11.8 Å². The van der Waals surface area contributed by atoms with E-state index in [1.807, 2.05) is 20.8 Å². The van der Waals surface area contributed by atoms with Gasteiger partial charge in [0.15, 0.2) is 0 Å². The highest BCUT2D eigenvalue weighted by molar-refractivity contribution is 6.23. The number of aromatic nitrogens is 4. The number of nitrogens with one attached hydrogen (secondary N) is 2. The molecule has 2 amide bonds. The van der Waals surface area contributed by atoms with Gasteiger partial charge in [-0.3, -0.25) is 29.3 Å². The van der Waals surface area contributed by atoms with Crippen LogP contribution < -0.4 is 0 Å². The lowest BCUT2D eigenvalue weighted by atomic mass is 9.84. The highest BCUT2D eigenvalue weighted by atomic mass is 19.4. The number of allylic oxidation sites excluding steroid dienone is 2. The van der Waals surface area contributed by atoms with Gasteiger partial charge in [-0.1, -0.05) is 25.5 Å². The van der Waals surface area contributed by atoms with Crippen LogP contribution in [0.1, 0.15) is 152 Å². The Kier molecular flexibility index (Phi) is 13.0. The Morgan fingerprint density at radius 2 is 1.32 bits per heavy atom. The maximum absolute atomic E-state index is 15.1. The summed E-state index contributed by atoms with van der Waals surface area (Å²) in [7, 11) is 1.23. The van der Waals surface area contributed by atoms with Gasteiger partial charge in [-0.15, -0.1) is 0 Å². The monoisotopic (exact) mass is 990 g/mol. The van der Waals surface area contributed by atoms with Gasteiger partial charge >= 0.3 is 24.5 Å². The number of halogens is 9. The standard InChI is InChI=1S/C52H47F9N6O4/c1-9-34-24(3)36-20-41-43(28(7)62-21-29-14-32(51(56,57)58)17-33(15-29)52(59,60)61)26(5)38(64-41)18-37-25(4)35(10-11-42(68)71-8)46(65-37)45-47-44(27(6)39(66-47)19-40(34)63-36)48(69)67(49(45)70)22-30-12-23(2)13-31(16-30)50(53,54)55/h12-20,25,35,64,66H,9-11,21-22H2,1-8H3/b36-20?,37-18?,38-18?,39-19?,40-19?,41-20?,46-45?,62-28+/t25-,35-/m0/s1. The number of aromatic amines is 2. The van der Waals surface area contributed by atoms with Crippen LogP contribution in [-0.4, -0.2) is 55.4 Å². The van der Waals surface area contributed by atoms with Crippen LogP contribution in [0.25, 0.3) is 33.2 Å². The van der Waals surface area contributed by atoms with E-state index in [9.17, 15) is 49.1 Å². The summed E-state index contributed by atoms with van der Waals surface area (Å²) >= 11 is 0. The Morgan fingerprint density at radius 1 is 0.732 bits per heavy atom. The minimum atomic E-state index is -5.05. The molecule has 8 bridgehead atoms. The fourth-order valence-electron chi connectivity index (χ4n) is 9.81. The summed E-state index contributed by atoms with van der Waals surface area (Å²) in [4.78, 5) is 64.7. The number of carbonyl (C=O) groups excluding carboxylic acids is 3. The number of amides is 2. The summed E-state index contributed by atoms with van der Waals surface area (Å²) < 4.78 is 130. The van der Waals surface area contributed by atoms with Crippen LogP contribution in [0.4, 0.5) is 39.5 Å². The molecule has 0 radical (unpaired) electrons. The van der Waals surface area contributed by atoms with E-state index in [1.54, 1.807) is 39.0 Å². The number of carbonyl (C=O) groups is 3. The van der Waals surface area contributed by atoms with Crippen molar-refractivity contribution in [3.05, 3.63) is 139 Å². The lowest BCUT2D eigenvalue weighted by Gasteiger charge is -2.27. The van der Waals surface area contributed by atoms with Crippen molar-refractivity contribution < 1.29 is 58.6 Å². The van der Waals surface area contributed by atoms with E-state index in [1.165, 1.54) is 20.1 Å². The normalized spacial score (nSPS) is 16.6. The number of methoxy groups -OCH3 is 1. The van der Waals surface area contributed by atoms with Gasteiger partial charge in [0.05, 0.1) is 76.1 Å². The van der Waals surface area contributed by atoms with Crippen LogP contribution in [0.2, 0.25) is 0 Å². The van der Waals surface area contributed by atoms with E-state index in [0.717, 1.165) is 28.2 Å². The van der Waals surface area contributed by atoms with Crippen molar-refractivity contribution in [2.45, 2.75) is 111 Å². The Labute approximate surface area is 401 Å². The van der Waals surface area contributed by atoms with Crippen molar-refractivity contribution in [3.8, 4) is 0 Å². The molecule has 8 rings (SSSR count). The minimum absolute atomic E-state index is 0.0181. The third-order valence-corrected chi connectivity index (χ3v) is 13.5. The number of ether oxygens (including phenoxy) is 1. The number of hydrogen-bond donors (Lipinski definition) is 2. The molecule has 5 aromatic rings. The van der Waals surface area contributed by atoms with Gasteiger partial charge < -0.3 is 14.7 Å². The average Bonchev–Trinajstić information content (AvgIpc) is 3.97. The Bertz CT molecular complexity index is 3270. The van der Waals surface area contributed by atoms with Crippen molar-refractivity contribution in [3.63, 3.8) is 0 Å². The first kappa shape index (κ1) is 50.3. The fraction of sp³-hybridized carbons (Fsp3) is 0.346. The molecule has 3 aliphatic rings. The highest BCUT2D eigenvalue weighted by Crippen LogP contribution is 2.45. The van der Waals surface area contributed by atoms with E-state index >= 15 is 4.79 Å². The number of benzene rings is 2. The summed E-state index contributed by atoms with van der Waals surface area (Å²) in [6, 6.07) is 9.91. The maximum atomic E-state index is 15.1. The third-order valence-electron chi connectivity index (χ3n) is 13.5. The van der Waals surface area contributed by atoms with Crippen molar-refractivity contribution >= 4 is 56.7 Å². The molecule has 0 saturated heterocycles. The molecule has 3 aliphatic heterocycles. The first-order valence-corrected chi connectivity index (χ1v) is 22.6. The van der Waals surface area contributed by atoms with E-state index in [2.05, 4.69) is 15.0 Å². The number of aliphatic imine (C=N–C) groups is 1. The highest BCUT2D eigenvalue weighted by Gasteiger charge is 2.42. The molecule has 2 N–H and O–H groups in total. The van der Waals surface area contributed by atoms with Gasteiger partial charge in [0.2, 0.25) is 0 Å². The number of esters is 1. The van der Waals surface area contributed by atoms with Gasteiger partial charge in [-0.2, -0.15) is 39.5 Å². The second kappa shape index (κ2) is 18.3. The molecule has 2 aromatic carbocycles. The second-order valence-electron chi connectivity index (χ2n) is 18.2. The molecule has 0 saturated carbocycles. The lowest BCUT2D eigenvalue weighted by molar-refractivity contribution is -0.143. The zero-order valence-corrected chi connectivity index (χ0v) is 39.7. The summed E-state index contributed by atoms with van der Waals surface area (Å²) in [5, 5.41) is 0. The van der Waals surface area contributed by atoms with Gasteiger partial charge in [0.1, 0.15) is 0 Å². The van der Waals surface area contributed by atoms with Crippen molar-refractivity contribution in [1.29, 1.82) is 0 Å². The van der Waals surface area contributed by atoms with Gasteiger partial charge in [-0.25, -0.2) is 4.98 Å². The number of alkyl halides is 9. The van der Waals surface area contributed by atoms with E-state index in [4.69, 9.17) is 14.7 Å². The molecule has 3 aromatic heterocycles. The maximum Gasteiger partial charge on any atom is 0.416 e. The third kappa shape index (κ3) is 9.49. The topological polar surface area (TPSA) is 133 Å². The molecule has 2 atom stereocenters. The first-order valence-electron chi connectivity index (χ1n) is 22.6. The number of nitrogens with zero attached hydrogens (tertiary/aromatic N) is 4. The molecular formula is C52H47F9N6O4. The molecule has 6 heterocycles. The van der Waals surface area contributed by atoms with Crippen LogP contribution in [0, 0.1) is 20.8 Å². The van der Waals surface area contributed by atoms with E-state index < -0.39 is 77.9 Å². The van der Waals surface area contributed by atoms with E-state index in [0.29, 0.717) is 68.9 Å². The number of H-pyrrole nitrogens is 2. The number of aryl methyl sites for hydroxylation is 3. The molecule has 10 nitrogen and oxygen atoms in total. The second-order valence-corrected chi connectivity index (χ2v) is 18.2. The number of imide groups is 1. The molecule has 0 aliphatic carbocycles. The smallest absolute Gasteiger partial charge is 0.416 e. The summed E-state index contributed by atoms with van der Waals surface area (Å²) in [5.41, 5.74) is 2.72. The Hall–Kier alpha value is -7.05. The predicted octanol–water partition coefficient (Wildman–Crippen LogP) is 13.3. The van der Waals surface area contributed by atoms with Gasteiger partial charge in [0, 0.05) is 46.3 Å². The molecule has 19 heteroatoms. The molecule has 71 heavy (non-hydrogen) atoms. The first-order chi connectivity index (χ1) is 33.2. The number of hydrogen-bond acceptors (Lipinski definition) is 7. The zero-order valence-electron chi connectivity index (χ0n) is 39.7. The summed E-state index contributed by atoms with van der Waals surface area (Å²) in [6.45, 7) is 11.1. The fourth-order valence-corrected chi connectivity index (χ4v) is 9.81. The van der Waals surface area contributed by atoms with Crippen LogP contribution in [0.15, 0.2) is 59.6 Å². The lowest BCUT2D eigenvalue weighted by Crippen LogP contribution is -2.40. The van der Waals surface area contributed by atoms with Crippen LogP contribution >= 0.6 is 0 Å². The molecule has 0 fully saturated rings. The van der Waals surface area contributed by atoms with Crippen LogP contribution in [0.3, 0.4) is 0 Å². The SMILES string of the molecule is CCC1=C(C)c2cc3[nH]c(cc4nc(c5c6[nH]c(cc1n2)c(C)c6C(=O)N(Cc1cc(C)cc(C(F)(F)F)c1)C5=O)[C@@H](CCC(=O)OC)[C@@H]4C)c(C)c3/C(C)=N/Cc1cc(C(F)(F)F)cc(C(F)(F)F)c1. The van der Waals surface area contributed by atoms with E-state index in [-0.39, 0.29) is 63.6 Å². The van der Waals surface area contributed by atoms with Crippen LogP contribution in [0.5, 0.6) is 0 Å². The molecule has 0 unspecified atom stereocenters. The zero-order chi connectivity index (χ0) is 51.8.